The Kier molecular flexibility index (Phi) is 6.51. The van der Waals surface area contributed by atoms with Gasteiger partial charge in [0.1, 0.15) is 11.9 Å². The maximum atomic E-state index is 14.0. The molecule has 2 heterocycles. The number of aromatic nitrogens is 1. The predicted octanol–water partition coefficient (Wildman–Crippen LogP) is 3.65. The lowest BCUT2D eigenvalue weighted by atomic mass is 9.91. The number of thiol groups is 1. The molecule has 0 fully saturated rings. The molecule has 7 nitrogen and oxygen atoms in total. The van der Waals surface area contributed by atoms with E-state index in [1.165, 1.54) is 24.4 Å². The molecule has 1 aliphatic heterocycles. The largest absolute Gasteiger partial charge is 0.482 e. The number of allylic oxidation sites excluding steroid dienone is 1. The third kappa shape index (κ3) is 4.20. The van der Waals surface area contributed by atoms with Gasteiger partial charge in [-0.2, -0.15) is 0 Å². The summed E-state index contributed by atoms with van der Waals surface area (Å²) in [5, 5.41) is 8.71. The van der Waals surface area contributed by atoms with Crippen LogP contribution in [0.2, 0.25) is 0 Å². The van der Waals surface area contributed by atoms with E-state index in [9.17, 15) is 4.39 Å². The summed E-state index contributed by atoms with van der Waals surface area (Å²) in [6.45, 7) is 4.17. The number of rotatable bonds is 1. The van der Waals surface area contributed by atoms with Gasteiger partial charge in [-0.05, 0) is 62.7 Å². The standard InChI is InChI=1S/C21H23FN6OS/c1-3-26-20-12(9-23)6-17(28-30)19(24)15-5-4-14(22)8-16(15)11(2)29-18-7-13(20)10-27-21(18)25/h4-5,7-11,24,30H,3,6,23H2,1-2H3,(H2,25,27). The van der Waals surface area contributed by atoms with E-state index in [0.29, 0.717) is 46.0 Å². The smallest absolute Gasteiger partial charge is 0.166 e. The molecule has 30 heavy (non-hydrogen) atoms. The quantitative estimate of drug-likeness (QED) is 0.520. The molecule has 1 unspecified atom stereocenters. The average Bonchev–Trinajstić information content (AvgIpc) is 2.74. The minimum Gasteiger partial charge on any atom is -0.482 e. The van der Waals surface area contributed by atoms with Crippen molar-refractivity contribution in [1.29, 1.82) is 5.41 Å². The van der Waals surface area contributed by atoms with E-state index in [0.717, 1.165) is 0 Å². The van der Waals surface area contributed by atoms with Crippen molar-refractivity contribution in [3.63, 3.8) is 0 Å². The van der Waals surface area contributed by atoms with Gasteiger partial charge in [0.05, 0.1) is 17.1 Å². The summed E-state index contributed by atoms with van der Waals surface area (Å²) in [5.74, 6) is 0.0983. The van der Waals surface area contributed by atoms with Crippen molar-refractivity contribution in [1.82, 2.24) is 4.98 Å². The molecule has 0 spiro atoms. The van der Waals surface area contributed by atoms with Gasteiger partial charge in [0.15, 0.2) is 11.6 Å². The number of nitrogens with two attached hydrogens (primary N) is 2. The Hall–Kier alpha value is -3.20. The number of aliphatic imine (C=N–C) groups is 1. The highest BCUT2D eigenvalue weighted by molar-refractivity contribution is 7.79. The van der Waals surface area contributed by atoms with Crippen molar-refractivity contribution in [3.8, 4) is 5.75 Å². The zero-order valence-electron chi connectivity index (χ0n) is 16.7. The fraction of sp³-hybridized carbons (Fsp3) is 0.238. The number of halogens is 1. The zero-order valence-corrected chi connectivity index (χ0v) is 17.6. The molecule has 1 atom stereocenters. The minimum atomic E-state index is -0.605. The van der Waals surface area contributed by atoms with Gasteiger partial charge in [-0.25, -0.2) is 13.8 Å². The van der Waals surface area contributed by atoms with Crippen LogP contribution in [0, 0.1) is 11.2 Å². The molecular formula is C21H23FN6OS. The zero-order chi connectivity index (χ0) is 21.8. The lowest BCUT2D eigenvalue weighted by molar-refractivity contribution is 0.227. The van der Waals surface area contributed by atoms with Crippen LogP contribution in [0.3, 0.4) is 0 Å². The maximum Gasteiger partial charge on any atom is 0.166 e. The Labute approximate surface area is 179 Å². The third-order valence-electron chi connectivity index (χ3n) is 4.77. The summed E-state index contributed by atoms with van der Waals surface area (Å²) in [6.07, 6.45) is 2.63. The van der Waals surface area contributed by atoms with Crippen LogP contribution in [0.15, 0.2) is 51.6 Å². The molecule has 1 aromatic heterocycles. The monoisotopic (exact) mass is 426 g/mol. The van der Waals surface area contributed by atoms with Crippen molar-refractivity contribution in [2.45, 2.75) is 26.4 Å². The molecule has 1 aromatic carbocycles. The molecule has 0 radical (unpaired) electrons. The van der Waals surface area contributed by atoms with E-state index < -0.39 is 11.9 Å². The van der Waals surface area contributed by atoms with Crippen LogP contribution < -0.4 is 16.2 Å². The third-order valence-corrected chi connectivity index (χ3v) is 5.01. The van der Waals surface area contributed by atoms with Gasteiger partial charge in [0.25, 0.3) is 0 Å². The van der Waals surface area contributed by atoms with Crippen molar-refractivity contribution in [2.24, 2.45) is 15.1 Å². The molecule has 5 N–H and O–H groups in total. The lowest BCUT2D eigenvalue weighted by Gasteiger charge is -2.22. The van der Waals surface area contributed by atoms with Crippen LogP contribution in [0.25, 0.3) is 0 Å². The number of ether oxygens (including phenoxy) is 1. The first kappa shape index (κ1) is 21.5. The molecule has 0 aliphatic carbocycles. The molecule has 0 saturated heterocycles. The normalized spacial score (nSPS) is 21.1. The SMILES string of the molecule is CCN=C1C(=CN)CC(=NS)C(=N)c2ccc(F)cc2C(C)Oc2cc1cnc2N. The summed E-state index contributed by atoms with van der Waals surface area (Å²) in [4.78, 5) is 8.80. The number of hydrogen-bond acceptors (Lipinski definition) is 8. The number of hydrogen-bond donors (Lipinski definition) is 4. The molecule has 2 bridgehead atoms. The first-order chi connectivity index (χ1) is 14.4. The van der Waals surface area contributed by atoms with Crippen LogP contribution in [0.1, 0.15) is 43.1 Å². The second-order valence-electron chi connectivity index (χ2n) is 6.71. The highest BCUT2D eigenvalue weighted by Crippen LogP contribution is 2.31. The first-order valence-electron chi connectivity index (χ1n) is 9.37. The highest BCUT2D eigenvalue weighted by Gasteiger charge is 2.24. The number of anilines is 1. The van der Waals surface area contributed by atoms with Crippen LogP contribution in [-0.4, -0.2) is 28.7 Å². The fourth-order valence-electron chi connectivity index (χ4n) is 3.30. The van der Waals surface area contributed by atoms with E-state index in [1.54, 1.807) is 19.2 Å². The van der Waals surface area contributed by atoms with Gasteiger partial charge in [-0.3, -0.25) is 10.4 Å². The average molecular weight is 427 g/mol. The minimum absolute atomic E-state index is 0.0981. The Bertz CT molecular complexity index is 1080. The molecule has 3 rings (SSSR count). The Morgan fingerprint density at radius 3 is 2.83 bits per heavy atom. The van der Waals surface area contributed by atoms with Gasteiger partial charge in [0, 0.05) is 35.9 Å². The van der Waals surface area contributed by atoms with Crippen LogP contribution >= 0.6 is 12.8 Å². The number of pyridine rings is 1. The van der Waals surface area contributed by atoms with E-state index in [-0.39, 0.29) is 18.0 Å². The molecule has 0 amide bonds. The Balaban J connectivity index is 2.28. The van der Waals surface area contributed by atoms with Gasteiger partial charge >= 0.3 is 0 Å². The Morgan fingerprint density at radius 1 is 1.40 bits per heavy atom. The molecule has 2 aromatic rings. The van der Waals surface area contributed by atoms with Gasteiger partial charge in [-0.15, -0.1) is 0 Å². The fourth-order valence-corrected chi connectivity index (χ4v) is 3.47. The van der Waals surface area contributed by atoms with E-state index in [2.05, 4.69) is 27.2 Å². The summed E-state index contributed by atoms with van der Waals surface area (Å²) >= 11 is 4.06. The van der Waals surface area contributed by atoms with Gasteiger partial charge in [-0.1, -0.05) is 0 Å². The summed E-state index contributed by atoms with van der Waals surface area (Å²) in [7, 11) is 0. The highest BCUT2D eigenvalue weighted by atomic mass is 32.1. The van der Waals surface area contributed by atoms with Crippen LogP contribution in [-0.2, 0) is 0 Å². The van der Waals surface area contributed by atoms with Gasteiger partial charge in [0.2, 0.25) is 0 Å². The first-order valence-corrected chi connectivity index (χ1v) is 9.77. The summed E-state index contributed by atoms with van der Waals surface area (Å²) < 4.78 is 24.1. The number of nitrogens with one attached hydrogen (secondary N) is 1. The van der Waals surface area contributed by atoms with E-state index in [1.807, 2.05) is 6.92 Å². The summed E-state index contributed by atoms with van der Waals surface area (Å²) in [5.41, 5.74) is 15.3. The van der Waals surface area contributed by atoms with Crippen molar-refractivity contribution < 1.29 is 9.13 Å². The second kappa shape index (κ2) is 9.08. The van der Waals surface area contributed by atoms with Crippen molar-refractivity contribution in [2.75, 3.05) is 12.3 Å². The van der Waals surface area contributed by atoms with E-state index >= 15 is 0 Å². The predicted molar refractivity (Wildman–Crippen MR) is 121 cm³/mol. The molecular weight excluding hydrogens is 403 g/mol. The molecule has 9 heteroatoms. The van der Waals surface area contributed by atoms with E-state index in [4.69, 9.17) is 21.6 Å². The maximum absolute atomic E-state index is 14.0. The number of benzene rings is 1. The van der Waals surface area contributed by atoms with Crippen LogP contribution in [0.5, 0.6) is 5.75 Å². The number of fused-ring (bicyclic) bond motifs is 3. The topological polar surface area (TPSA) is 123 Å². The number of nitrogens with zero attached hydrogens (tertiary/aromatic N) is 3. The number of nitrogen functional groups attached to an aromatic ring is 1. The molecule has 156 valence electrons. The molecule has 0 saturated carbocycles. The second-order valence-corrected chi connectivity index (χ2v) is 6.91. The molecule has 1 aliphatic rings. The van der Waals surface area contributed by atoms with Crippen LogP contribution in [0.4, 0.5) is 10.2 Å². The van der Waals surface area contributed by atoms with Crippen molar-refractivity contribution in [3.05, 3.63) is 64.7 Å². The Morgan fingerprint density at radius 2 is 2.17 bits per heavy atom. The summed E-state index contributed by atoms with van der Waals surface area (Å²) in [6, 6.07) is 5.90. The van der Waals surface area contributed by atoms with Gasteiger partial charge < -0.3 is 16.2 Å². The van der Waals surface area contributed by atoms with Crippen molar-refractivity contribution >= 4 is 35.8 Å². The lowest BCUT2D eigenvalue weighted by Crippen LogP contribution is -2.22.